The molecule has 0 unspecified atom stereocenters. The Kier molecular flexibility index (Phi) is 4.30. The smallest absolute Gasteiger partial charge is 0.253 e. The molecule has 0 atom stereocenters. The molecule has 1 heterocycles. The number of anilines is 1. The molecule has 2 aromatic rings. The molecule has 0 radical (unpaired) electrons. The minimum absolute atomic E-state index is 0.288. The van der Waals surface area contributed by atoms with Crippen LogP contribution in [-0.2, 0) is 6.42 Å². The summed E-state index contributed by atoms with van der Waals surface area (Å²) in [5.41, 5.74) is 9.81. The van der Waals surface area contributed by atoms with Gasteiger partial charge in [-0.3, -0.25) is 0 Å². The highest BCUT2D eigenvalue weighted by Crippen LogP contribution is 2.15. The number of guanidine groups is 1. The molecule has 5 heteroatoms. The van der Waals surface area contributed by atoms with Crippen LogP contribution in [0.3, 0.4) is 0 Å². The third-order valence-electron chi connectivity index (χ3n) is 2.85. The standard InChI is InChI=1S/C15H19N5/c1-4-12-7-5-6-8-13(12)19-14(16)20-15-17-10(2)9-11(3)18-15/h5-9H,4H2,1-3H3,(H3,16,17,18,19,20). The summed E-state index contributed by atoms with van der Waals surface area (Å²) in [4.78, 5) is 12.7. The minimum Gasteiger partial charge on any atom is -0.369 e. The summed E-state index contributed by atoms with van der Waals surface area (Å²) in [5.74, 6) is 0.664. The molecule has 2 rings (SSSR count). The number of nitrogens with one attached hydrogen (secondary N) is 1. The van der Waals surface area contributed by atoms with E-state index in [1.165, 1.54) is 5.56 Å². The van der Waals surface area contributed by atoms with E-state index < -0.39 is 0 Å². The van der Waals surface area contributed by atoms with E-state index in [0.717, 1.165) is 23.5 Å². The normalized spacial score (nSPS) is 11.4. The van der Waals surface area contributed by atoms with Crippen LogP contribution in [0.1, 0.15) is 23.9 Å². The Morgan fingerprint density at radius 2 is 1.85 bits per heavy atom. The average Bonchev–Trinajstić information content (AvgIpc) is 2.37. The Bertz CT molecular complexity index is 614. The Morgan fingerprint density at radius 1 is 1.20 bits per heavy atom. The van der Waals surface area contributed by atoms with E-state index in [4.69, 9.17) is 5.73 Å². The largest absolute Gasteiger partial charge is 0.369 e. The van der Waals surface area contributed by atoms with Gasteiger partial charge in [-0.1, -0.05) is 25.1 Å². The summed E-state index contributed by atoms with van der Waals surface area (Å²) in [6, 6.07) is 9.90. The van der Waals surface area contributed by atoms with E-state index in [1.807, 2.05) is 38.1 Å². The number of hydrogen-bond donors (Lipinski definition) is 2. The maximum atomic E-state index is 5.92. The van der Waals surface area contributed by atoms with Crippen LogP contribution in [-0.4, -0.2) is 15.9 Å². The first-order chi connectivity index (χ1) is 9.58. The van der Waals surface area contributed by atoms with Crippen LogP contribution < -0.4 is 11.1 Å². The third-order valence-corrected chi connectivity index (χ3v) is 2.85. The number of aryl methyl sites for hydroxylation is 3. The Hall–Kier alpha value is -2.43. The molecule has 3 N–H and O–H groups in total. The zero-order valence-corrected chi connectivity index (χ0v) is 12.0. The summed E-state index contributed by atoms with van der Waals surface area (Å²) in [6.07, 6.45) is 0.927. The number of aliphatic imine (C=N–C) groups is 1. The van der Waals surface area contributed by atoms with Gasteiger partial charge in [0.2, 0.25) is 5.96 Å². The van der Waals surface area contributed by atoms with E-state index >= 15 is 0 Å². The summed E-state index contributed by atoms with van der Waals surface area (Å²) in [6.45, 7) is 5.91. The van der Waals surface area contributed by atoms with Crippen molar-refractivity contribution in [2.75, 3.05) is 5.32 Å². The van der Waals surface area contributed by atoms with Gasteiger partial charge in [0.05, 0.1) is 0 Å². The summed E-state index contributed by atoms with van der Waals surface area (Å²) in [7, 11) is 0. The molecule has 20 heavy (non-hydrogen) atoms. The van der Waals surface area contributed by atoms with Gasteiger partial charge in [-0.2, -0.15) is 4.99 Å². The lowest BCUT2D eigenvalue weighted by molar-refractivity contribution is 1.04. The Morgan fingerprint density at radius 3 is 2.50 bits per heavy atom. The van der Waals surface area contributed by atoms with Gasteiger partial charge in [0.25, 0.3) is 5.95 Å². The monoisotopic (exact) mass is 269 g/mol. The predicted octanol–water partition coefficient (Wildman–Crippen LogP) is 2.71. The van der Waals surface area contributed by atoms with Crippen molar-refractivity contribution in [3.05, 3.63) is 47.3 Å². The Labute approximate surface area is 119 Å². The van der Waals surface area contributed by atoms with Crippen molar-refractivity contribution >= 4 is 17.6 Å². The zero-order chi connectivity index (χ0) is 14.5. The van der Waals surface area contributed by atoms with Gasteiger partial charge in [0.1, 0.15) is 0 Å². The van der Waals surface area contributed by atoms with Gasteiger partial charge in [-0.05, 0) is 38.0 Å². The van der Waals surface area contributed by atoms with Crippen molar-refractivity contribution in [1.82, 2.24) is 9.97 Å². The van der Waals surface area contributed by atoms with Gasteiger partial charge in [-0.25, -0.2) is 9.97 Å². The topological polar surface area (TPSA) is 76.2 Å². The van der Waals surface area contributed by atoms with Gasteiger partial charge in [0, 0.05) is 17.1 Å². The van der Waals surface area contributed by atoms with Gasteiger partial charge in [0.15, 0.2) is 0 Å². The maximum Gasteiger partial charge on any atom is 0.253 e. The molecule has 0 saturated heterocycles. The SMILES string of the molecule is CCc1ccccc1N/C(N)=N/c1nc(C)cc(C)n1. The lowest BCUT2D eigenvalue weighted by Gasteiger charge is -2.09. The first-order valence-electron chi connectivity index (χ1n) is 6.60. The minimum atomic E-state index is 0.288. The van der Waals surface area contributed by atoms with Crippen molar-refractivity contribution < 1.29 is 0 Å². The summed E-state index contributed by atoms with van der Waals surface area (Å²) >= 11 is 0. The second-order valence-electron chi connectivity index (χ2n) is 4.58. The fraction of sp³-hybridized carbons (Fsp3) is 0.267. The van der Waals surface area contributed by atoms with Crippen molar-refractivity contribution in [3.63, 3.8) is 0 Å². The number of hydrogen-bond acceptors (Lipinski definition) is 3. The molecule has 1 aromatic carbocycles. The van der Waals surface area contributed by atoms with Crippen molar-refractivity contribution in [1.29, 1.82) is 0 Å². The molecule has 0 fully saturated rings. The third kappa shape index (κ3) is 3.54. The van der Waals surface area contributed by atoms with Crippen molar-refractivity contribution in [2.45, 2.75) is 27.2 Å². The Balaban J connectivity index is 2.22. The fourth-order valence-corrected chi connectivity index (χ4v) is 1.98. The van der Waals surface area contributed by atoms with Gasteiger partial charge < -0.3 is 11.1 Å². The molecule has 5 nitrogen and oxygen atoms in total. The maximum absolute atomic E-state index is 5.92. The van der Waals surface area contributed by atoms with Crippen LogP contribution in [0, 0.1) is 13.8 Å². The molecule has 0 aliphatic heterocycles. The second-order valence-corrected chi connectivity index (χ2v) is 4.58. The average molecular weight is 269 g/mol. The number of nitrogens with zero attached hydrogens (tertiary/aromatic N) is 3. The van der Waals surface area contributed by atoms with Crippen molar-refractivity contribution in [3.8, 4) is 0 Å². The number of para-hydroxylation sites is 1. The quantitative estimate of drug-likeness (QED) is 0.663. The van der Waals surface area contributed by atoms with Crippen LogP contribution in [0.25, 0.3) is 0 Å². The summed E-state index contributed by atoms with van der Waals surface area (Å²) in [5, 5.41) is 3.10. The molecule has 0 aliphatic rings. The van der Waals surface area contributed by atoms with E-state index in [1.54, 1.807) is 0 Å². The number of rotatable bonds is 3. The fourth-order valence-electron chi connectivity index (χ4n) is 1.98. The van der Waals surface area contributed by atoms with E-state index in [-0.39, 0.29) is 5.96 Å². The van der Waals surface area contributed by atoms with Crippen LogP contribution >= 0.6 is 0 Å². The van der Waals surface area contributed by atoms with Crippen LogP contribution in [0.4, 0.5) is 11.6 Å². The molecule has 0 amide bonds. The lowest BCUT2D eigenvalue weighted by Crippen LogP contribution is -2.23. The number of nitrogens with two attached hydrogens (primary N) is 1. The summed E-state index contributed by atoms with van der Waals surface area (Å²) < 4.78 is 0. The molecular formula is C15H19N5. The highest BCUT2D eigenvalue weighted by Gasteiger charge is 2.03. The van der Waals surface area contributed by atoms with Crippen LogP contribution in [0.5, 0.6) is 0 Å². The first-order valence-corrected chi connectivity index (χ1v) is 6.60. The van der Waals surface area contributed by atoms with E-state index in [2.05, 4.69) is 33.3 Å². The van der Waals surface area contributed by atoms with Crippen LogP contribution in [0.2, 0.25) is 0 Å². The molecular weight excluding hydrogens is 250 g/mol. The lowest BCUT2D eigenvalue weighted by atomic mass is 10.1. The highest BCUT2D eigenvalue weighted by molar-refractivity contribution is 5.94. The number of benzene rings is 1. The molecule has 0 spiro atoms. The number of aromatic nitrogens is 2. The van der Waals surface area contributed by atoms with Gasteiger partial charge >= 0.3 is 0 Å². The molecule has 104 valence electrons. The van der Waals surface area contributed by atoms with Crippen molar-refractivity contribution in [2.24, 2.45) is 10.7 Å². The van der Waals surface area contributed by atoms with Crippen LogP contribution in [0.15, 0.2) is 35.3 Å². The molecule has 1 aromatic heterocycles. The molecule has 0 bridgehead atoms. The first kappa shape index (κ1) is 14.0. The van der Waals surface area contributed by atoms with E-state index in [0.29, 0.717) is 5.95 Å². The van der Waals surface area contributed by atoms with E-state index in [9.17, 15) is 0 Å². The van der Waals surface area contributed by atoms with Gasteiger partial charge in [-0.15, -0.1) is 0 Å². The second kappa shape index (κ2) is 6.14. The molecule has 0 saturated carbocycles. The highest BCUT2D eigenvalue weighted by atomic mass is 15.2. The molecule has 0 aliphatic carbocycles. The predicted molar refractivity (Wildman–Crippen MR) is 82.2 cm³/mol. The zero-order valence-electron chi connectivity index (χ0n) is 12.0.